The van der Waals surface area contributed by atoms with Gasteiger partial charge in [-0.1, -0.05) is 41.9 Å². The second-order valence-corrected chi connectivity index (χ2v) is 6.86. The van der Waals surface area contributed by atoms with Crippen LogP contribution in [0.5, 0.6) is 0 Å². The highest BCUT2D eigenvalue weighted by Gasteiger charge is 2.20. The molecule has 1 heterocycles. The summed E-state index contributed by atoms with van der Waals surface area (Å²) in [6.07, 6.45) is 2.09. The van der Waals surface area contributed by atoms with Crippen molar-refractivity contribution in [2.45, 2.75) is 6.42 Å². The number of hydrogen-bond donors (Lipinski definition) is 2. The molecule has 0 radical (unpaired) electrons. The van der Waals surface area contributed by atoms with Crippen molar-refractivity contribution in [3.63, 3.8) is 0 Å². The third kappa shape index (κ3) is 5.58. The van der Waals surface area contributed by atoms with Crippen LogP contribution in [0.15, 0.2) is 59.7 Å². The van der Waals surface area contributed by atoms with E-state index in [1.165, 1.54) is 10.6 Å². The lowest BCUT2D eigenvalue weighted by Gasteiger charge is -2.33. The number of carbonyl (C=O) groups excluding carboxylic acids is 1. The SMILES string of the molecule is O=C(CC[NH+]1CCN(c2ccccc2)CC1)N/N=C\c1cccc(Cl)c1. The van der Waals surface area contributed by atoms with Gasteiger partial charge in [-0.25, -0.2) is 5.43 Å². The van der Waals surface area contributed by atoms with Crippen LogP contribution in [0.3, 0.4) is 0 Å². The van der Waals surface area contributed by atoms with Gasteiger partial charge in [-0.15, -0.1) is 0 Å². The first-order valence-corrected chi connectivity index (χ1v) is 9.29. The van der Waals surface area contributed by atoms with Crippen LogP contribution in [0.2, 0.25) is 5.02 Å². The second kappa shape index (κ2) is 9.36. The Bertz CT molecular complexity index is 742. The Morgan fingerprint density at radius 2 is 1.92 bits per heavy atom. The standard InChI is InChI=1S/C20H23ClN4O/c21-18-6-4-5-17(15-18)16-22-23-20(26)9-10-24-11-13-25(14-12-24)19-7-2-1-3-8-19/h1-8,15-16H,9-14H2,(H,23,26)/p+1/b22-16-. The summed E-state index contributed by atoms with van der Waals surface area (Å²) in [5.74, 6) is -0.0544. The van der Waals surface area contributed by atoms with Gasteiger partial charge < -0.3 is 9.80 Å². The zero-order valence-electron chi connectivity index (χ0n) is 14.7. The van der Waals surface area contributed by atoms with Gasteiger partial charge in [0.05, 0.1) is 45.4 Å². The second-order valence-electron chi connectivity index (χ2n) is 6.42. The van der Waals surface area contributed by atoms with E-state index in [4.69, 9.17) is 11.6 Å². The molecular formula is C20H24ClN4O+. The predicted octanol–water partition coefficient (Wildman–Crippen LogP) is 1.59. The van der Waals surface area contributed by atoms with Gasteiger partial charge in [0, 0.05) is 10.7 Å². The minimum Gasteiger partial charge on any atom is -0.360 e. The van der Waals surface area contributed by atoms with E-state index in [1.807, 2.05) is 18.2 Å². The molecule has 2 N–H and O–H groups in total. The van der Waals surface area contributed by atoms with Crippen LogP contribution in [0.1, 0.15) is 12.0 Å². The van der Waals surface area contributed by atoms with Crippen molar-refractivity contribution < 1.29 is 9.69 Å². The highest BCUT2D eigenvalue weighted by Crippen LogP contribution is 2.12. The van der Waals surface area contributed by atoms with Crippen molar-refractivity contribution in [2.75, 3.05) is 37.6 Å². The van der Waals surface area contributed by atoms with Crippen LogP contribution in [0.25, 0.3) is 0 Å². The maximum atomic E-state index is 12.0. The van der Waals surface area contributed by atoms with Crippen molar-refractivity contribution in [2.24, 2.45) is 5.10 Å². The van der Waals surface area contributed by atoms with Gasteiger partial charge in [0.1, 0.15) is 0 Å². The molecule has 0 spiro atoms. The molecule has 2 aromatic rings. The van der Waals surface area contributed by atoms with Gasteiger partial charge in [0.2, 0.25) is 5.91 Å². The molecule has 2 aromatic carbocycles. The number of halogens is 1. The monoisotopic (exact) mass is 371 g/mol. The number of amides is 1. The first kappa shape index (κ1) is 18.4. The lowest BCUT2D eigenvalue weighted by molar-refractivity contribution is -0.900. The normalized spacial score (nSPS) is 15.3. The molecule has 3 rings (SSSR count). The van der Waals surface area contributed by atoms with Gasteiger partial charge in [0.15, 0.2) is 0 Å². The van der Waals surface area contributed by atoms with Crippen molar-refractivity contribution in [3.05, 3.63) is 65.2 Å². The molecule has 0 unspecified atom stereocenters. The molecule has 6 heteroatoms. The number of hydrogen-bond acceptors (Lipinski definition) is 3. The fraction of sp³-hybridized carbons (Fsp3) is 0.300. The molecule has 0 atom stereocenters. The van der Waals surface area contributed by atoms with E-state index in [9.17, 15) is 4.79 Å². The number of nitrogens with one attached hydrogen (secondary N) is 2. The Kier molecular flexibility index (Phi) is 6.63. The number of piperazine rings is 1. The average molecular weight is 372 g/mol. The van der Waals surface area contributed by atoms with E-state index < -0.39 is 0 Å². The Morgan fingerprint density at radius 1 is 1.15 bits per heavy atom. The molecule has 1 aliphatic rings. The number of nitrogens with zero attached hydrogens (tertiary/aromatic N) is 2. The van der Waals surface area contributed by atoms with Crippen LogP contribution in [-0.2, 0) is 4.79 Å². The van der Waals surface area contributed by atoms with E-state index in [2.05, 4.69) is 39.7 Å². The molecule has 0 bridgehead atoms. The fourth-order valence-electron chi connectivity index (χ4n) is 3.08. The molecule has 1 amide bonds. The fourth-order valence-corrected chi connectivity index (χ4v) is 3.28. The smallest absolute Gasteiger partial charge is 0.245 e. The third-order valence-electron chi connectivity index (χ3n) is 4.55. The number of para-hydroxylation sites is 1. The summed E-state index contributed by atoms with van der Waals surface area (Å²) >= 11 is 5.92. The molecule has 5 nitrogen and oxygen atoms in total. The summed E-state index contributed by atoms with van der Waals surface area (Å²) in [6.45, 7) is 4.98. The molecule has 1 saturated heterocycles. The quantitative estimate of drug-likeness (QED) is 0.598. The van der Waals surface area contributed by atoms with Crippen molar-refractivity contribution >= 4 is 29.4 Å². The summed E-state index contributed by atoms with van der Waals surface area (Å²) in [5, 5.41) is 4.65. The third-order valence-corrected chi connectivity index (χ3v) is 4.78. The summed E-state index contributed by atoms with van der Waals surface area (Å²) in [6, 6.07) is 17.8. The van der Waals surface area contributed by atoms with E-state index in [-0.39, 0.29) is 5.91 Å². The minimum atomic E-state index is -0.0544. The molecule has 1 aliphatic heterocycles. The highest BCUT2D eigenvalue weighted by molar-refractivity contribution is 6.30. The zero-order chi connectivity index (χ0) is 18.2. The van der Waals surface area contributed by atoms with Gasteiger partial charge in [-0.05, 0) is 29.8 Å². The highest BCUT2D eigenvalue weighted by atomic mass is 35.5. The number of hydrazone groups is 1. The summed E-state index contributed by atoms with van der Waals surface area (Å²) in [5.41, 5.74) is 4.73. The van der Waals surface area contributed by atoms with Gasteiger partial charge in [-0.3, -0.25) is 4.79 Å². The zero-order valence-corrected chi connectivity index (χ0v) is 15.5. The largest absolute Gasteiger partial charge is 0.360 e. The van der Waals surface area contributed by atoms with Gasteiger partial charge in [-0.2, -0.15) is 5.10 Å². The van der Waals surface area contributed by atoms with E-state index in [0.29, 0.717) is 11.4 Å². The van der Waals surface area contributed by atoms with Crippen molar-refractivity contribution in [3.8, 4) is 0 Å². The van der Waals surface area contributed by atoms with E-state index >= 15 is 0 Å². The maximum absolute atomic E-state index is 12.0. The molecule has 0 aliphatic carbocycles. The Morgan fingerprint density at radius 3 is 2.65 bits per heavy atom. The topological polar surface area (TPSA) is 49.1 Å². The van der Waals surface area contributed by atoms with Crippen LogP contribution in [0.4, 0.5) is 5.69 Å². The minimum absolute atomic E-state index is 0.0544. The van der Waals surface area contributed by atoms with Crippen LogP contribution < -0.4 is 15.2 Å². The summed E-state index contributed by atoms with van der Waals surface area (Å²) in [4.78, 5) is 15.8. The summed E-state index contributed by atoms with van der Waals surface area (Å²) < 4.78 is 0. The van der Waals surface area contributed by atoms with Gasteiger partial charge in [0.25, 0.3) is 0 Å². The van der Waals surface area contributed by atoms with Crippen LogP contribution >= 0.6 is 11.6 Å². The number of anilines is 1. The number of carbonyl (C=O) groups is 1. The lowest BCUT2D eigenvalue weighted by atomic mass is 10.2. The first-order chi connectivity index (χ1) is 12.7. The first-order valence-electron chi connectivity index (χ1n) is 8.92. The van der Waals surface area contributed by atoms with Crippen LogP contribution in [0, 0.1) is 0 Å². The predicted molar refractivity (Wildman–Crippen MR) is 106 cm³/mol. The molecule has 1 fully saturated rings. The van der Waals surface area contributed by atoms with Gasteiger partial charge >= 0.3 is 0 Å². The number of quaternary nitrogens is 1. The molecule has 0 aromatic heterocycles. The maximum Gasteiger partial charge on any atom is 0.245 e. The van der Waals surface area contributed by atoms with E-state index in [1.54, 1.807) is 18.3 Å². The number of rotatable bonds is 6. The Labute approximate surface area is 159 Å². The number of benzene rings is 2. The van der Waals surface area contributed by atoms with Crippen molar-refractivity contribution in [1.29, 1.82) is 0 Å². The molecule has 136 valence electrons. The van der Waals surface area contributed by atoms with Crippen molar-refractivity contribution in [1.82, 2.24) is 5.43 Å². The molecular weight excluding hydrogens is 348 g/mol. The van der Waals surface area contributed by atoms with Crippen LogP contribution in [-0.4, -0.2) is 44.8 Å². The molecule has 0 saturated carbocycles. The average Bonchev–Trinajstić information content (AvgIpc) is 2.68. The molecule has 26 heavy (non-hydrogen) atoms. The summed E-state index contributed by atoms with van der Waals surface area (Å²) in [7, 11) is 0. The Balaban J connectivity index is 1.36. The lowest BCUT2D eigenvalue weighted by Crippen LogP contribution is -3.15. The Hall–Kier alpha value is -2.37. The van der Waals surface area contributed by atoms with E-state index in [0.717, 1.165) is 38.3 Å².